The molecule has 0 radical (unpaired) electrons. The zero-order chi connectivity index (χ0) is 22.8. The van der Waals surface area contributed by atoms with E-state index in [1.807, 2.05) is 42.5 Å². The van der Waals surface area contributed by atoms with Gasteiger partial charge in [-0.1, -0.05) is 65.3 Å². The van der Waals surface area contributed by atoms with Gasteiger partial charge in [0.25, 0.3) is 5.56 Å². The van der Waals surface area contributed by atoms with Crippen LogP contribution in [-0.2, 0) is 6.54 Å². The quantitative estimate of drug-likeness (QED) is 0.348. The van der Waals surface area contributed by atoms with Crippen LogP contribution in [0.5, 0.6) is 0 Å². The van der Waals surface area contributed by atoms with E-state index in [4.69, 9.17) is 5.11 Å². The number of fused-ring (bicyclic) bond motifs is 1. The molecule has 6 heteroatoms. The molecule has 0 bridgehead atoms. The summed E-state index contributed by atoms with van der Waals surface area (Å²) in [5.41, 5.74) is 2.57. The van der Waals surface area contributed by atoms with Crippen LogP contribution in [0.2, 0.25) is 0 Å². The van der Waals surface area contributed by atoms with Crippen LogP contribution in [0, 0.1) is 0 Å². The van der Waals surface area contributed by atoms with Crippen molar-refractivity contribution in [1.82, 2.24) is 4.57 Å². The fourth-order valence-electron chi connectivity index (χ4n) is 3.86. The van der Waals surface area contributed by atoms with Gasteiger partial charge >= 0.3 is 5.97 Å². The highest BCUT2D eigenvalue weighted by molar-refractivity contribution is 9.10. The van der Waals surface area contributed by atoms with Gasteiger partial charge in [-0.05, 0) is 46.8 Å². The van der Waals surface area contributed by atoms with E-state index in [9.17, 15) is 14.4 Å². The molecule has 0 saturated heterocycles. The lowest BCUT2D eigenvalue weighted by Gasteiger charge is -2.19. The minimum Gasteiger partial charge on any atom is -0.478 e. The molecule has 1 heterocycles. The first-order valence-electron chi connectivity index (χ1n) is 10.2. The zero-order valence-electron chi connectivity index (χ0n) is 17.3. The fraction of sp³-hybridized carbons (Fsp3) is 0.115. The minimum absolute atomic E-state index is 0.134. The van der Waals surface area contributed by atoms with E-state index in [-0.39, 0.29) is 29.9 Å². The molecule has 0 spiro atoms. The lowest BCUT2D eigenvalue weighted by molar-refractivity contribution is 0.0696. The first-order chi connectivity index (χ1) is 15.4. The molecule has 0 unspecified atom stereocenters. The van der Waals surface area contributed by atoms with Crippen LogP contribution in [0.1, 0.15) is 39.8 Å². The van der Waals surface area contributed by atoms with Crippen molar-refractivity contribution in [2.24, 2.45) is 0 Å². The third-order valence-electron chi connectivity index (χ3n) is 5.42. The number of pyridine rings is 1. The summed E-state index contributed by atoms with van der Waals surface area (Å²) >= 11 is 3.49. The minimum atomic E-state index is -1.02. The Morgan fingerprint density at radius 3 is 2.25 bits per heavy atom. The van der Waals surface area contributed by atoms with E-state index in [1.54, 1.807) is 25.1 Å². The summed E-state index contributed by atoms with van der Waals surface area (Å²) in [6.45, 7) is 1.93. The lowest BCUT2D eigenvalue weighted by atomic mass is 9.94. The molecule has 4 aromatic rings. The van der Waals surface area contributed by atoms with Gasteiger partial charge in [-0.25, -0.2) is 4.79 Å². The van der Waals surface area contributed by atoms with Crippen molar-refractivity contribution >= 4 is 38.5 Å². The Labute approximate surface area is 193 Å². The number of rotatable bonds is 6. The second kappa shape index (κ2) is 8.93. The Balaban J connectivity index is 2.05. The molecular weight excluding hydrogens is 470 g/mol. The molecule has 5 nitrogen and oxygen atoms in total. The van der Waals surface area contributed by atoms with Crippen LogP contribution in [0.25, 0.3) is 21.9 Å². The highest BCUT2D eigenvalue weighted by atomic mass is 79.9. The van der Waals surface area contributed by atoms with E-state index in [2.05, 4.69) is 15.9 Å². The molecule has 0 aliphatic carbocycles. The molecule has 0 fully saturated rings. The van der Waals surface area contributed by atoms with Gasteiger partial charge in [-0.15, -0.1) is 0 Å². The molecule has 0 amide bonds. The number of nitrogens with zero attached hydrogens (tertiary/aromatic N) is 1. The van der Waals surface area contributed by atoms with E-state index >= 15 is 0 Å². The third-order valence-corrected chi connectivity index (χ3v) is 5.92. The average Bonchev–Trinajstić information content (AvgIpc) is 2.80. The monoisotopic (exact) mass is 489 g/mol. The van der Waals surface area contributed by atoms with Crippen molar-refractivity contribution in [3.8, 4) is 11.1 Å². The number of Topliss-reactive ketones (excluding diaryl/α,β-unsaturated/α-hetero) is 1. The van der Waals surface area contributed by atoms with E-state index in [0.717, 1.165) is 21.2 Å². The summed E-state index contributed by atoms with van der Waals surface area (Å²) < 4.78 is 2.33. The Morgan fingerprint density at radius 1 is 0.938 bits per heavy atom. The highest BCUT2D eigenvalue weighted by Gasteiger charge is 2.22. The van der Waals surface area contributed by atoms with Gasteiger partial charge in [-0.3, -0.25) is 14.2 Å². The van der Waals surface area contributed by atoms with Crippen molar-refractivity contribution in [1.29, 1.82) is 0 Å². The smallest absolute Gasteiger partial charge is 0.335 e. The predicted molar refractivity (Wildman–Crippen MR) is 128 cm³/mol. The van der Waals surface area contributed by atoms with E-state index in [1.165, 1.54) is 16.7 Å². The van der Waals surface area contributed by atoms with E-state index < -0.39 is 5.97 Å². The van der Waals surface area contributed by atoms with Crippen LogP contribution in [0.4, 0.5) is 0 Å². The molecular formula is C26H20BrNO4. The van der Waals surface area contributed by atoms with Crippen molar-refractivity contribution in [2.75, 3.05) is 0 Å². The second-order valence-electron chi connectivity index (χ2n) is 7.45. The average molecular weight is 490 g/mol. The van der Waals surface area contributed by atoms with Gasteiger partial charge in [0.05, 0.1) is 17.8 Å². The Morgan fingerprint density at radius 2 is 1.62 bits per heavy atom. The number of carbonyl (C=O) groups is 2. The number of aromatic nitrogens is 1. The van der Waals surface area contributed by atoms with Gasteiger partial charge in [-0.2, -0.15) is 0 Å². The maximum Gasteiger partial charge on any atom is 0.335 e. The number of carboxylic acid groups (broad SMARTS) is 1. The Hall–Kier alpha value is -3.51. The molecule has 1 aromatic heterocycles. The van der Waals surface area contributed by atoms with Gasteiger partial charge in [0, 0.05) is 21.8 Å². The molecule has 32 heavy (non-hydrogen) atoms. The van der Waals surface area contributed by atoms with Crippen molar-refractivity contribution in [3.63, 3.8) is 0 Å². The highest BCUT2D eigenvalue weighted by Crippen LogP contribution is 2.33. The lowest BCUT2D eigenvalue weighted by Crippen LogP contribution is -2.28. The number of carbonyl (C=O) groups excluding carboxylic acids is 1. The van der Waals surface area contributed by atoms with Crippen molar-refractivity contribution in [2.45, 2.75) is 19.9 Å². The van der Waals surface area contributed by atoms with Crippen molar-refractivity contribution < 1.29 is 14.7 Å². The molecule has 0 atom stereocenters. The molecule has 0 aliphatic rings. The summed E-state index contributed by atoms with van der Waals surface area (Å²) in [6.07, 6.45) is 0.247. The van der Waals surface area contributed by atoms with Crippen LogP contribution in [-0.4, -0.2) is 21.4 Å². The summed E-state index contributed by atoms with van der Waals surface area (Å²) in [6, 6.07) is 21.4. The normalized spacial score (nSPS) is 10.9. The number of halogens is 1. The number of ketones is 1. The van der Waals surface area contributed by atoms with Crippen LogP contribution < -0.4 is 5.56 Å². The van der Waals surface area contributed by atoms with Gasteiger partial charge in [0.1, 0.15) is 0 Å². The number of aromatic carboxylic acids is 1. The topological polar surface area (TPSA) is 76.4 Å². The molecule has 4 rings (SSSR count). The maximum atomic E-state index is 13.5. The summed E-state index contributed by atoms with van der Waals surface area (Å²) in [5, 5.41) is 10.4. The first kappa shape index (κ1) is 21.7. The number of hydrogen-bond acceptors (Lipinski definition) is 3. The zero-order valence-corrected chi connectivity index (χ0v) is 18.9. The van der Waals surface area contributed by atoms with Gasteiger partial charge in [0.15, 0.2) is 5.78 Å². The van der Waals surface area contributed by atoms with Crippen LogP contribution in [0.3, 0.4) is 0 Å². The molecule has 1 N–H and O–H groups in total. The molecule has 160 valence electrons. The standard InChI is InChI=1S/C26H20BrNO4/c1-2-22(29)24-23(17-6-4-3-5-7-17)21-14-19(27)12-13-20(21)25(30)28(24)15-16-8-10-18(11-9-16)26(31)32/h3-14H,2,15H2,1H3,(H,31,32). The predicted octanol–water partition coefficient (Wildman–Crippen LogP) is 5.77. The van der Waals surface area contributed by atoms with Crippen LogP contribution >= 0.6 is 15.9 Å². The second-order valence-corrected chi connectivity index (χ2v) is 8.37. The Kier molecular flexibility index (Phi) is 6.06. The van der Waals surface area contributed by atoms with Gasteiger partial charge in [0.2, 0.25) is 0 Å². The molecule has 3 aromatic carbocycles. The molecule has 0 saturated carbocycles. The SMILES string of the molecule is CCC(=O)c1c(-c2ccccc2)c2cc(Br)ccc2c(=O)n1Cc1ccc(C(=O)O)cc1. The number of hydrogen-bond donors (Lipinski definition) is 1. The van der Waals surface area contributed by atoms with Gasteiger partial charge < -0.3 is 5.11 Å². The summed E-state index contributed by atoms with van der Waals surface area (Å²) in [7, 11) is 0. The van der Waals surface area contributed by atoms with Crippen LogP contribution in [0.15, 0.2) is 82.1 Å². The summed E-state index contributed by atoms with van der Waals surface area (Å²) in [5.74, 6) is -1.15. The van der Waals surface area contributed by atoms with Crippen molar-refractivity contribution in [3.05, 3.63) is 104 Å². The summed E-state index contributed by atoms with van der Waals surface area (Å²) in [4.78, 5) is 37.9. The fourth-order valence-corrected chi connectivity index (χ4v) is 4.22. The Bertz CT molecular complexity index is 1390. The number of carboxylic acids is 1. The molecule has 0 aliphatic heterocycles. The largest absolute Gasteiger partial charge is 0.478 e. The maximum absolute atomic E-state index is 13.5. The first-order valence-corrected chi connectivity index (χ1v) is 11.0. The third kappa shape index (κ3) is 4.01. The van der Waals surface area contributed by atoms with E-state index in [0.29, 0.717) is 16.5 Å². The number of benzene rings is 3.